The van der Waals surface area contributed by atoms with Crippen LogP contribution in [-0.4, -0.2) is 51.6 Å². The Bertz CT molecular complexity index is 837. The molecule has 2 aromatic rings. The minimum absolute atomic E-state index is 0.0307. The van der Waals surface area contributed by atoms with Crippen LogP contribution in [0.3, 0.4) is 0 Å². The van der Waals surface area contributed by atoms with Gasteiger partial charge in [0.15, 0.2) is 5.16 Å². The smallest absolute Gasteiger partial charge is 0.338 e. The summed E-state index contributed by atoms with van der Waals surface area (Å²) in [6.07, 6.45) is 0. The summed E-state index contributed by atoms with van der Waals surface area (Å²) in [7, 11) is 0. The van der Waals surface area contributed by atoms with Crippen molar-refractivity contribution in [2.24, 2.45) is 0 Å². The Morgan fingerprint density at radius 3 is 2.43 bits per heavy atom. The van der Waals surface area contributed by atoms with Crippen LogP contribution in [0.25, 0.3) is 0 Å². The molecule has 0 bridgehead atoms. The van der Waals surface area contributed by atoms with Crippen molar-refractivity contribution in [3.8, 4) is 0 Å². The van der Waals surface area contributed by atoms with Crippen LogP contribution in [0.1, 0.15) is 24.2 Å². The van der Waals surface area contributed by atoms with Crippen LogP contribution in [0.15, 0.2) is 29.4 Å². The van der Waals surface area contributed by atoms with Gasteiger partial charge in [-0.1, -0.05) is 11.8 Å². The lowest BCUT2D eigenvalue weighted by Gasteiger charge is -2.09. The first-order chi connectivity index (χ1) is 13.4. The Kier molecular flexibility index (Phi) is 7.81. The number of benzene rings is 1. The molecular weight excluding hydrogens is 386 g/mol. The molecule has 11 heteroatoms. The number of nitrogens with one attached hydrogen (secondary N) is 1. The quantitative estimate of drug-likeness (QED) is 0.465. The van der Waals surface area contributed by atoms with Crippen LogP contribution in [0.2, 0.25) is 0 Å². The summed E-state index contributed by atoms with van der Waals surface area (Å²) >= 11 is 1.08. The van der Waals surface area contributed by atoms with Crippen molar-refractivity contribution in [1.82, 2.24) is 14.8 Å². The molecule has 2 rings (SSSR count). The van der Waals surface area contributed by atoms with Gasteiger partial charge in [-0.3, -0.25) is 14.2 Å². The molecule has 0 saturated carbocycles. The zero-order valence-corrected chi connectivity index (χ0v) is 16.3. The van der Waals surface area contributed by atoms with Gasteiger partial charge in [0.1, 0.15) is 6.54 Å². The first kappa shape index (κ1) is 21.2. The molecule has 1 aromatic heterocycles. The fraction of sp³-hybridized carbons (Fsp3) is 0.353. The van der Waals surface area contributed by atoms with Crippen LogP contribution >= 0.6 is 11.8 Å². The van der Waals surface area contributed by atoms with Gasteiger partial charge in [0.25, 0.3) is 0 Å². The van der Waals surface area contributed by atoms with Crippen molar-refractivity contribution in [2.75, 3.05) is 30.0 Å². The minimum Gasteiger partial charge on any atom is -0.465 e. The molecule has 10 nitrogen and oxygen atoms in total. The number of nitrogen functional groups attached to an aromatic ring is 1. The number of nitrogens with two attached hydrogens (primary N) is 1. The molecule has 150 valence electrons. The lowest BCUT2D eigenvalue weighted by atomic mass is 10.2. The summed E-state index contributed by atoms with van der Waals surface area (Å²) in [6.45, 7) is 3.87. The first-order valence-corrected chi connectivity index (χ1v) is 9.47. The molecule has 0 atom stereocenters. The number of thioether (sulfide) groups is 1. The molecule has 0 unspecified atom stereocenters. The topological polar surface area (TPSA) is 138 Å². The zero-order valence-electron chi connectivity index (χ0n) is 15.5. The predicted octanol–water partition coefficient (Wildman–Crippen LogP) is 1.33. The van der Waals surface area contributed by atoms with E-state index in [0.29, 0.717) is 16.4 Å². The average Bonchev–Trinajstić information content (AvgIpc) is 3.01. The number of hydrogen-bond donors (Lipinski definition) is 2. The maximum absolute atomic E-state index is 12.3. The number of carbonyl (C=O) groups excluding carboxylic acids is 3. The van der Waals surface area contributed by atoms with Crippen LogP contribution in [-0.2, 0) is 25.6 Å². The largest absolute Gasteiger partial charge is 0.465 e. The third kappa shape index (κ3) is 5.98. The van der Waals surface area contributed by atoms with E-state index in [1.165, 1.54) is 4.57 Å². The lowest BCUT2D eigenvalue weighted by Crippen LogP contribution is -2.20. The third-order valence-electron chi connectivity index (χ3n) is 3.35. The van der Waals surface area contributed by atoms with Gasteiger partial charge in [0, 0.05) is 5.69 Å². The van der Waals surface area contributed by atoms with Gasteiger partial charge in [0.2, 0.25) is 11.9 Å². The number of anilines is 2. The molecular formula is C17H21N5O5S. The Labute approximate surface area is 165 Å². The average molecular weight is 407 g/mol. The number of ether oxygens (including phenoxy) is 2. The molecule has 0 aliphatic heterocycles. The monoisotopic (exact) mass is 407 g/mol. The number of carbonyl (C=O) groups is 3. The highest BCUT2D eigenvalue weighted by atomic mass is 32.2. The number of hydrogen-bond acceptors (Lipinski definition) is 9. The van der Waals surface area contributed by atoms with Gasteiger partial charge < -0.3 is 20.5 Å². The van der Waals surface area contributed by atoms with Crippen molar-refractivity contribution in [2.45, 2.75) is 25.5 Å². The van der Waals surface area contributed by atoms with Crippen molar-refractivity contribution < 1.29 is 23.9 Å². The van der Waals surface area contributed by atoms with Gasteiger partial charge in [-0.25, -0.2) is 4.79 Å². The summed E-state index contributed by atoms with van der Waals surface area (Å²) in [5, 5.41) is 10.6. The molecule has 0 fully saturated rings. The van der Waals surface area contributed by atoms with Crippen LogP contribution < -0.4 is 11.1 Å². The highest BCUT2D eigenvalue weighted by Gasteiger charge is 2.16. The van der Waals surface area contributed by atoms with E-state index in [9.17, 15) is 14.4 Å². The molecule has 1 amide bonds. The SMILES string of the molecule is CCOC(=O)CSc1nnc(N)n1CC(=O)Nc1ccc(C(=O)OCC)cc1. The maximum atomic E-state index is 12.3. The highest BCUT2D eigenvalue weighted by Crippen LogP contribution is 2.19. The summed E-state index contributed by atoms with van der Waals surface area (Å²) in [4.78, 5) is 35.4. The second kappa shape index (κ2) is 10.3. The summed E-state index contributed by atoms with van der Waals surface area (Å²) in [5.41, 5.74) is 6.65. The van der Waals surface area contributed by atoms with Gasteiger partial charge >= 0.3 is 11.9 Å². The Morgan fingerprint density at radius 2 is 1.79 bits per heavy atom. The summed E-state index contributed by atoms with van der Waals surface area (Å²) in [5.74, 6) is -1.11. The van der Waals surface area contributed by atoms with Gasteiger partial charge in [0.05, 0.1) is 24.5 Å². The van der Waals surface area contributed by atoms with Crippen LogP contribution in [0.4, 0.5) is 11.6 Å². The van der Waals surface area contributed by atoms with Crippen molar-refractivity contribution in [1.29, 1.82) is 0 Å². The second-order valence-electron chi connectivity index (χ2n) is 5.37. The van der Waals surface area contributed by atoms with Gasteiger partial charge in [-0.05, 0) is 38.1 Å². The minimum atomic E-state index is -0.430. The summed E-state index contributed by atoms with van der Waals surface area (Å²) in [6, 6.07) is 6.30. The third-order valence-corrected chi connectivity index (χ3v) is 4.29. The molecule has 1 heterocycles. The Morgan fingerprint density at radius 1 is 1.11 bits per heavy atom. The highest BCUT2D eigenvalue weighted by molar-refractivity contribution is 7.99. The second-order valence-corrected chi connectivity index (χ2v) is 6.31. The van der Waals surface area contributed by atoms with Crippen molar-refractivity contribution >= 4 is 41.2 Å². The predicted molar refractivity (Wildman–Crippen MR) is 103 cm³/mol. The van der Waals surface area contributed by atoms with E-state index in [1.54, 1.807) is 38.1 Å². The van der Waals surface area contributed by atoms with Crippen molar-refractivity contribution in [3.63, 3.8) is 0 Å². The van der Waals surface area contributed by atoms with E-state index in [2.05, 4.69) is 15.5 Å². The molecule has 0 spiro atoms. The fourth-order valence-corrected chi connectivity index (χ4v) is 2.87. The number of rotatable bonds is 9. The fourth-order valence-electron chi connectivity index (χ4n) is 2.13. The Balaban J connectivity index is 1.96. The molecule has 28 heavy (non-hydrogen) atoms. The van der Waals surface area contributed by atoms with E-state index in [0.717, 1.165) is 11.8 Å². The lowest BCUT2D eigenvalue weighted by molar-refractivity contribution is -0.139. The van der Waals surface area contributed by atoms with E-state index in [-0.39, 0.29) is 37.4 Å². The summed E-state index contributed by atoms with van der Waals surface area (Å²) < 4.78 is 11.2. The van der Waals surface area contributed by atoms with E-state index < -0.39 is 11.9 Å². The number of aromatic nitrogens is 3. The number of nitrogens with zero attached hydrogens (tertiary/aromatic N) is 3. The van der Waals surface area contributed by atoms with E-state index in [1.807, 2.05) is 0 Å². The molecule has 0 radical (unpaired) electrons. The Hall–Kier alpha value is -3.08. The van der Waals surface area contributed by atoms with Crippen LogP contribution in [0, 0.1) is 0 Å². The maximum Gasteiger partial charge on any atom is 0.338 e. The van der Waals surface area contributed by atoms with Gasteiger partial charge in [-0.15, -0.1) is 10.2 Å². The zero-order chi connectivity index (χ0) is 20.5. The first-order valence-electron chi connectivity index (χ1n) is 8.48. The van der Waals surface area contributed by atoms with E-state index >= 15 is 0 Å². The molecule has 1 aromatic carbocycles. The molecule has 0 saturated heterocycles. The number of esters is 2. The molecule has 0 aliphatic carbocycles. The van der Waals surface area contributed by atoms with E-state index in [4.69, 9.17) is 15.2 Å². The van der Waals surface area contributed by atoms with Crippen LogP contribution in [0.5, 0.6) is 0 Å². The standard InChI is InChI=1S/C17H21N5O5S/c1-3-26-14(24)10-28-17-21-20-16(18)22(17)9-13(23)19-12-7-5-11(6-8-12)15(25)27-4-2/h5-8H,3-4,9-10H2,1-2H3,(H2,18,20)(H,19,23). The normalized spacial score (nSPS) is 10.4. The van der Waals surface area contributed by atoms with Crippen molar-refractivity contribution in [3.05, 3.63) is 29.8 Å². The number of amides is 1. The molecule has 0 aliphatic rings. The molecule has 3 N–H and O–H groups in total. The van der Waals surface area contributed by atoms with Gasteiger partial charge in [-0.2, -0.15) is 0 Å².